The number of aromatic nitrogens is 1. The number of aryl methyl sites for hydroxylation is 1. The summed E-state index contributed by atoms with van der Waals surface area (Å²) in [5.74, 6) is -0.420. The van der Waals surface area contributed by atoms with Crippen LogP contribution in [-0.4, -0.2) is 29.6 Å². The monoisotopic (exact) mass is 252 g/mol. The van der Waals surface area contributed by atoms with Crippen LogP contribution in [0, 0.1) is 0 Å². The van der Waals surface area contributed by atoms with Gasteiger partial charge >= 0.3 is 0 Å². The molecule has 1 aliphatic heterocycles. The van der Waals surface area contributed by atoms with Gasteiger partial charge in [-0.1, -0.05) is 6.92 Å². The van der Waals surface area contributed by atoms with Gasteiger partial charge in [0.15, 0.2) is 5.79 Å². The van der Waals surface area contributed by atoms with Crippen molar-refractivity contribution in [2.24, 2.45) is 0 Å². The SMILES string of the molecule is CCCn1ccc(CNCC2COC(C)(C)O2)c1. The third kappa shape index (κ3) is 3.83. The first-order valence-electron chi connectivity index (χ1n) is 6.76. The van der Waals surface area contributed by atoms with E-state index >= 15 is 0 Å². The van der Waals surface area contributed by atoms with Gasteiger partial charge in [-0.2, -0.15) is 0 Å². The van der Waals surface area contributed by atoms with Crippen LogP contribution >= 0.6 is 0 Å². The standard InChI is InChI=1S/C14H24N2O2/c1-4-6-16-7-5-12(10-16)8-15-9-13-11-17-14(2,3)18-13/h5,7,10,13,15H,4,6,8-9,11H2,1-3H3. The Morgan fingerprint density at radius 1 is 1.50 bits per heavy atom. The predicted molar refractivity (Wildman–Crippen MR) is 71.3 cm³/mol. The number of hydrogen-bond donors (Lipinski definition) is 1. The Kier molecular flexibility index (Phi) is 4.43. The van der Waals surface area contributed by atoms with Gasteiger partial charge in [0, 0.05) is 32.0 Å². The molecule has 4 heteroatoms. The van der Waals surface area contributed by atoms with Crippen LogP contribution in [0.15, 0.2) is 18.5 Å². The zero-order chi connectivity index (χ0) is 13.0. The van der Waals surface area contributed by atoms with Crippen molar-refractivity contribution in [3.8, 4) is 0 Å². The fourth-order valence-electron chi connectivity index (χ4n) is 2.23. The molecule has 0 bridgehead atoms. The average molecular weight is 252 g/mol. The summed E-state index contributed by atoms with van der Waals surface area (Å²) in [6, 6.07) is 2.17. The van der Waals surface area contributed by atoms with Gasteiger partial charge in [-0.3, -0.25) is 0 Å². The van der Waals surface area contributed by atoms with Crippen LogP contribution < -0.4 is 5.32 Å². The van der Waals surface area contributed by atoms with E-state index in [4.69, 9.17) is 9.47 Å². The summed E-state index contributed by atoms with van der Waals surface area (Å²) >= 11 is 0. The molecule has 18 heavy (non-hydrogen) atoms. The maximum absolute atomic E-state index is 5.74. The molecular weight excluding hydrogens is 228 g/mol. The molecule has 0 spiro atoms. The predicted octanol–water partition coefficient (Wildman–Crippen LogP) is 2.14. The normalized spacial score (nSPS) is 22.5. The fraction of sp³-hybridized carbons (Fsp3) is 0.714. The Balaban J connectivity index is 1.69. The van der Waals surface area contributed by atoms with Crippen LogP contribution in [-0.2, 0) is 22.6 Å². The van der Waals surface area contributed by atoms with E-state index in [0.29, 0.717) is 6.61 Å². The van der Waals surface area contributed by atoms with Crippen molar-refractivity contribution in [2.45, 2.75) is 52.2 Å². The lowest BCUT2D eigenvalue weighted by Crippen LogP contribution is -2.30. The Morgan fingerprint density at radius 2 is 2.33 bits per heavy atom. The van der Waals surface area contributed by atoms with Gasteiger partial charge in [0.2, 0.25) is 0 Å². The van der Waals surface area contributed by atoms with Crippen LogP contribution in [0.5, 0.6) is 0 Å². The van der Waals surface area contributed by atoms with E-state index in [1.807, 2.05) is 13.8 Å². The second-order valence-electron chi connectivity index (χ2n) is 5.34. The van der Waals surface area contributed by atoms with Crippen LogP contribution in [0.4, 0.5) is 0 Å². The summed E-state index contributed by atoms with van der Waals surface area (Å²) in [7, 11) is 0. The summed E-state index contributed by atoms with van der Waals surface area (Å²) in [5.41, 5.74) is 1.32. The highest BCUT2D eigenvalue weighted by atomic mass is 16.7. The topological polar surface area (TPSA) is 35.4 Å². The minimum atomic E-state index is -0.420. The van der Waals surface area contributed by atoms with E-state index in [2.05, 4.69) is 35.3 Å². The van der Waals surface area contributed by atoms with E-state index < -0.39 is 5.79 Å². The second kappa shape index (κ2) is 5.87. The van der Waals surface area contributed by atoms with Crippen molar-refractivity contribution in [1.29, 1.82) is 0 Å². The zero-order valence-electron chi connectivity index (χ0n) is 11.6. The number of nitrogens with zero attached hydrogens (tertiary/aromatic N) is 1. The Morgan fingerprint density at radius 3 is 3.00 bits per heavy atom. The van der Waals surface area contributed by atoms with Crippen LogP contribution in [0.1, 0.15) is 32.8 Å². The largest absolute Gasteiger partial charge is 0.354 e. The number of ether oxygens (including phenoxy) is 2. The summed E-state index contributed by atoms with van der Waals surface area (Å²) in [4.78, 5) is 0. The lowest BCUT2D eigenvalue weighted by molar-refractivity contribution is -0.137. The van der Waals surface area contributed by atoms with Crippen molar-refractivity contribution in [3.05, 3.63) is 24.0 Å². The van der Waals surface area contributed by atoms with Gasteiger partial charge in [0.05, 0.1) is 12.7 Å². The average Bonchev–Trinajstić information content (AvgIpc) is 2.87. The zero-order valence-corrected chi connectivity index (χ0v) is 11.6. The van der Waals surface area contributed by atoms with Crippen LogP contribution in [0.25, 0.3) is 0 Å². The Labute approximate surface area is 109 Å². The molecule has 1 fully saturated rings. The maximum Gasteiger partial charge on any atom is 0.163 e. The maximum atomic E-state index is 5.74. The van der Waals surface area contributed by atoms with Crippen molar-refractivity contribution in [1.82, 2.24) is 9.88 Å². The van der Waals surface area contributed by atoms with E-state index in [0.717, 1.165) is 19.6 Å². The fourth-order valence-corrected chi connectivity index (χ4v) is 2.23. The quantitative estimate of drug-likeness (QED) is 0.842. The van der Waals surface area contributed by atoms with E-state index in [-0.39, 0.29) is 6.10 Å². The summed E-state index contributed by atoms with van der Waals surface area (Å²) < 4.78 is 13.5. The first-order valence-corrected chi connectivity index (χ1v) is 6.76. The number of hydrogen-bond acceptors (Lipinski definition) is 3. The summed E-state index contributed by atoms with van der Waals surface area (Å²) in [5, 5.41) is 3.42. The van der Waals surface area contributed by atoms with E-state index in [9.17, 15) is 0 Å². The van der Waals surface area contributed by atoms with Crippen molar-refractivity contribution < 1.29 is 9.47 Å². The molecular formula is C14H24N2O2. The smallest absolute Gasteiger partial charge is 0.163 e. The molecule has 1 saturated heterocycles. The molecule has 102 valence electrons. The van der Waals surface area contributed by atoms with Gasteiger partial charge in [0.25, 0.3) is 0 Å². The van der Waals surface area contributed by atoms with Gasteiger partial charge in [-0.05, 0) is 31.9 Å². The molecule has 2 rings (SSSR count). The Hall–Kier alpha value is -0.840. The molecule has 0 amide bonds. The van der Waals surface area contributed by atoms with Gasteiger partial charge < -0.3 is 19.4 Å². The van der Waals surface area contributed by atoms with Gasteiger partial charge in [-0.15, -0.1) is 0 Å². The highest BCUT2D eigenvalue weighted by molar-refractivity contribution is 5.09. The molecule has 0 aliphatic carbocycles. The summed E-state index contributed by atoms with van der Waals surface area (Å²) in [6.45, 7) is 9.59. The lowest BCUT2D eigenvalue weighted by Gasteiger charge is -2.17. The molecule has 0 aromatic carbocycles. The molecule has 1 aliphatic rings. The molecule has 1 aromatic rings. The minimum Gasteiger partial charge on any atom is -0.354 e. The van der Waals surface area contributed by atoms with Crippen LogP contribution in [0.2, 0.25) is 0 Å². The van der Waals surface area contributed by atoms with Crippen molar-refractivity contribution in [3.63, 3.8) is 0 Å². The van der Waals surface area contributed by atoms with Gasteiger partial charge in [-0.25, -0.2) is 0 Å². The van der Waals surface area contributed by atoms with E-state index in [1.54, 1.807) is 0 Å². The van der Waals surface area contributed by atoms with Crippen molar-refractivity contribution >= 4 is 0 Å². The molecule has 1 unspecified atom stereocenters. The molecule has 1 N–H and O–H groups in total. The molecule has 0 radical (unpaired) electrons. The molecule has 0 saturated carbocycles. The third-order valence-electron chi connectivity index (χ3n) is 3.06. The first kappa shape index (κ1) is 13.6. The lowest BCUT2D eigenvalue weighted by atomic mass is 10.3. The highest BCUT2D eigenvalue weighted by Gasteiger charge is 2.32. The van der Waals surface area contributed by atoms with Crippen LogP contribution in [0.3, 0.4) is 0 Å². The Bertz CT molecular complexity index is 374. The number of nitrogens with one attached hydrogen (secondary N) is 1. The number of rotatable bonds is 6. The third-order valence-corrected chi connectivity index (χ3v) is 3.06. The molecule has 2 heterocycles. The highest BCUT2D eigenvalue weighted by Crippen LogP contribution is 2.21. The van der Waals surface area contributed by atoms with Gasteiger partial charge in [0.1, 0.15) is 0 Å². The second-order valence-corrected chi connectivity index (χ2v) is 5.34. The minimum absolute atomic E-state index is 0.165. The van der Waals surface area contributed by atoms with Crippen molar-refractivity contribution in [2.75, 3.05) is 13.2 Å². The molecule has 1 aromatic heterocycles. The molecule has 1 atom stereocenters. The van der Waals surface area contributed by atoms with E-state index in [1.165, 1.54) is 12.0 Å². The molecule has 4 nitrogen and oxygen atoms in total. The first-order chi connectivity index (χ1) is 8.59. The summed E-state index contributed by atoms with van der Waals surface area (Å²) in [6.07, 6.45) is 5.67.